The maximum Gasteiger partial charge on any atom is 0.338 e. The Morgan fingerprint density at radius 1 is 1.00 bits per heavy atom. The van der Waals surface area contributed by atoms with E-state index in [0.29, 0.717) is 45.0 Å². The van der Waals surface area contributed by atoms with E-state index in [0.717, 1.165) is 42.6 Å². The average Bonchev–Trinajstić information content (AvgIpc) is 3.47. The van der Waals surface area contributed by atoms with Gasteiger partial charge in [-0.1, -0.05) is 60.6 Å². The number of nitrogens with one attached hydrogen (secondary N) is 1. The van der Waals surface area contributed by atoms with Crippen LogP contribution in [0.4, 0.5) is 5.95 Å². The number of esters is 1. The molecule has 1 unspecified atom stereocenters. The Kier molecular flexibility index (Phi) is 10.3. The summed E-state index contributed by atoms with van der Waals surface area (Å²) < 4.78 is 20.9. The van der Waals surface area contributed by atoms with Gasteiger partial charge in [0.1, 0.15) is 18.8 Å². The second-order valence-electron chi connectivity index (χ2n) is 12.4. The van der Waals surface area contributed by atoms with E-state index in [-0.39, 0.29) is 12.1 Å². The lowest BCUT2D eigenvalue weighted by molar-refractivity contribution is -0.146. The van der Waals surface area contributed by atoms with Crippen molar-refractivity contribution in [2.45, 2.75) is 89.5 Å². The highest BCUT2D eigenvalue weighted by Gasteiger charge is 2.37. The fourth-order valence-corrected chi connectivity index (χ4v) is 7.61. The maximum atomic E-state index is 14.0. The zero-order valence-electron chi connectivity index (χ0n) is 27.6. The van der Waals surface area contributed by atoms with Gasteiger partial charge in [-0.2, -0.15) is 4.98 Å². The van der Waals surface area contributed by atoms with E-state index >= 15 is 0 Å². The van der Waals surface area contributed by atoms with Crippen molar-refractivity contribution < 1.29 is 19.0 Å². The van der Waals surface area contributed by atoms with Crippen molar-refractivity contribution in [1.29, 1.82) is 0 Å². The summed E-state index contributed by atoms with van der Waals surface area (Å²) in [4.78, 5) is 18.8. The van der Waals surface area contributed by atoms with Gasteiger partial charge in [0.05, 0.1) is 17.2 Å². The van der Waals surface area contributed by atoms with Crippen LogP contribution in [0.5, 0.6) is 11.5 Å². The minimum atomic E-state index is -0.595. The summed E-state index contributed by atoms with van der Waals surface area (Å²) in [5, 5.41) is 8.88. The molecule has 1 atom stereocenters. The second kappa shape index (κ2) is 14.6. The minimum Gasteiger partial charge on any atom is -0.493 e. The van der Waals surface area contributed by atoms with E-state index in [1.807, 2.05) is 37.3 Å². The Bertz CT molecular complexity index is 1800. The van der Waals surface area contributed by atoms with Gasteiger partial charge in [-0.3, -0.25) is 0 Å². The van der Waals surface area contributed by atoms with E-state index in [9.17, 15) is 4.79 Å². The molecule has 1 aliphatic heterocycles. The third-order valence-corrected chi connectivity index (χ3v) is 10.5. The van der Waals surface area contributed by atoms with Crippen molar-refractivity contribution in [3.05, 3.63) is 104 Å². The summed E-state index contributed by atoms with van der Waals surface area (Å²) in [5.41, 5.74) is 7.94. The van der Waals surface area contributed by atoms with Crippen LogP contribution in [0, 0.1) is 20.8 Å². The number of allylic oxidation sites excluding steroid dienone is 1. The van der Waals surface area contributed by atoms with Gasteiger partial charge >= 0.3 is 5.97 Å². The molecule has 0 amide bonds. The molecule has 1 aliphatic carbocycles. The average molecular weight is 718 g/mol. The highest BCUT2D eigenvalue weighted by Crippen LogP contribution is 2.44. The Morgan fingerprint density at radius 3 is 2.49 bits per heavy atom. The number of hydrogen-bond acceptors (Lipinski definition) is 8. The van der Waals surface area contributed by atoms with Crippen molar-refractivity contribution in [1.82, 2.24) is 14.8 Å². The minimum absolute atomic E-state index is 0.0859. The first kappa shape index (κ1) is 33.2. The number of aryl methyl sites for hydroxylation is 3. The molecule has 4 aromatic rings. The normalized spacial score (nSPS) is 16.4. The Labute approximate surface area is 289 Å². The maximum absolute atomic E-state index is 14.0. The number of aromatic nitrogens is 3. The molecule has 0 saturated heterocycles. The molecule has 10 heteroatoms. The molecule has 246 valence electrons. The SMILES string of the molecule is COc1cc(C2C(C(=O)OC3CCCCC3)=C(C)Nc3nc(SCc4ccccc4)nn32)cc(Br)c1OCc1cc(C)c(C)cc1C. The lowest BCUT2D eigenvalue weighted by atomic mass is 9.94. The molecule has 2 heterocycles. The smallest absolute Gasteiger partial charge is 0.338 e. The topological polar surface area (TPSA) is 87.5 Å². The predicted octanol–water partition coefficient (Wildman–Crippen LogP) is 9.01. The molecule has 0 bridgehead atoms. The largest absolute Gasteiger partial charge is 0.493 e. The van der Waals surface area contributed by atoms with Crippen LogP contribution in [0.2, 0.25) is 0 Å². The van der Waals surface area contributed by atoms with Crippen molar-refractivity contribution in [2.24, 2.45) is 0 Å². The first-order chi connectivity index (χ1) is 22.7. The molecule has 2 aliphatic rings. The number of carbonyl (C=O) groups excluding carboxylic acids is 1. The number of ether oxygens (including phenoxy) is 3. The van der Waals surface area contributed by atoms with Gasteiger partial charge in [0.25, 0.3) is 0 Å². The molecule has 3 aromatic carbocycles. The van der Waals surface area contributed by atoms with Gasteiger partial charge in [0.2, 0.25) is 11.1 Å². The first-order valence-electron chi connectivity index (χ1n) is 16.1. The van der Waals surface area contributed by atoms with Crippen LogP contribution in [0.25, 0.3) is 0 Å². The van der Waals surface area contributed by atoms with E-state index in [1.54, 1.807) is 23.6 Å². The van der Waals surface area contributed by atoms with Crippen LogP contribution in [0.1, 0.15) is 78.5 Å². The molecular weight excluding hydrogens is 676 g/mol. The summed E-state index contributed by atoms with van der Waals surface area (Å²) in [6, 6.07) is 17.9. The molecule has 1 N–H and O–H groups in total. The van der Waals surface area contributed by atoms with Crippen molar-refractivity contribution >= 4 is 39.6 Å². The Hall–Kier alpha value is -3.76. The van der Waals surface area contributed by atoms with Crippen molar-refractivity contribution in [3.63, 3.8) is 0 Å². The van der Waals surface area contributed by atoms with E-state index in [2.05, 4.69) is 66.3 Å². The van der Waals surface area contributed by atoms with Crippen LogP contribution in [0.15, 0.2) is 75.5 Å². The molecule has 0 spiro atoms. The number of carbonyl (C=O) groups is 1. The summed E-state index contributed by atoms with van der Waals surface area (Å²) in [6.45, 7) is 8.62. The molecule has 1 fully saturated rings. The van der Waals surface area contributed by atoms with Gasteiger partial charge < -0.3 is 19.5 Å². The highest BCUT2D eigenvalue weighted by molar-refractivity contribution is 9.10. The number of hydrogen-bond donors (Lipinski definition) is 1. The molecule has 6 rings (SSSR count). The van der Waals surface area contributed by atoms with Gasteiger partial charge in [-0.05, 0) is 115 Å². The van der Waals surface area contributed by atoms with Crippen LogP contribution in [0.3, 0.4) is 0 Å². The quantitative estimate of drug-likeness (QED) is 0.129. The number of thioether (sulfide) groups is 1. The molecular formula is C37H41BrN4O4S. The summed E-state index contributed by atoms with van der Waals surface area (Å²) in [7, 11) is 1.63. The van der Waals surface area contributed by atoms with E-state index in [1.165, 1.54) is 28.7 Å². The number of halogens is 1. The fraction of sp³-hybridized carbons (Fsp3) is 0.378. The molecule has 1 aromatic heterocycles. The molecule has 8 nitrogen and oxygen atoms in total. The summed E-state index contributed by atoms with van der Waals surface area (Å²) in [5.74, 6) is 2.09. The van der Waals surface area contributed by atoms with Crippen molar-refractivity contribution in [2.75, 3.05) is 12.4 Å². The second-order valence-corrected chi connectivity index (χ2v) is 14.2. The standard InChI is InChI=1S/C37H41BrN4O4S/c1-22-16-24(3)28(17-23(22)2)20-45-34-30(38)18-27(19-31(34)44-5)33-32(35(43)46-29-14-10-7-11-15-29)25(4)39-36-40-37(41-42(33)36)47-21-26-12-8-6-9-13-26/h6,8-9,12-13,16-19,29,33H,7,10-11,14-15,20-21H2,1-5H3,(H,39,40,41). The van der Waals surface area contributed by atoms with Crippen LogP contribution in [-0.2, 0) is 21.9 Å². The highest BCUT2D eigenvalue weighted by atomic mass is 79.9. The zero-order valence-corrected chi connectivity index (χ0v) is 30.0. The number of rotatable bonds is 10. The van der Waals surface area contributed by atoms with E-state index in [4.69, 9.17) is 24.3 Å². The number of fused-ring (bicyclic) bond motifs is 1. The first-order valence-corrected chi connectivity index (χ1v) is 17.9. The lowest BCUT2D eigenvalue weighted by Gasteiger charge is -2.30. The van der Waals surface area contributed by atoms with Crippen molar-refractivity contribution in [3.8, 4) is 11.5 Å². The third-order valence-electron chi connectivity index (χ3n) is 8.98. The number of methoxy groups -OCH3 is 1. The lowest BCUT2D eigenvalue weighted by Crippen LogP contribution is -2.32. The van der Waals surface area contributed by atoms with E-state index < -0.39 is 6.04 Å². The van der Waals surface area contributed by atoms with Gasteiger partial charge in [-0.25, -0.2) is 9.48 Å². The Morgan fingerprint density at radius 2 is 1.74 bits per heavy atom. The van der Waals surface area contributed by atoms with Gasteiger partial charge in [0, 0.05) is 11.4 Å². The third kappa shape index (κ3) is 7.38. The number of nitrogens with zero attached hydrogens (tertiary/aromatic N) is 3. The Balaban J connectivity index is 1.35. The number of benzene rings is 3. The van der Waals surface area contributed by atoms with Gasteiger partial charge in [-0.15, -0.1) is 5.10 Å². The summed E-state index contributed by atoms with van der Waals surface area (Å²) >= 11 is 5.32. The summed E-state index contributed by atoms with van der Waals surface area (Å²) in [6.07, 6.45) is 5.00. The number of anilines is 1. The molecule has 1 saturated carbocycles. The van der Waals surface area contributed by atoms with Crippen LogP contribution >= 0.6 is 27.7 Å². The van der Waals surface area contributed by atoms with Gasteiger partial charge in [0.15, 0.2) is 11.5 Å². The zero-order chi connectivity index (χ0) is 33.1. The van der Waals surface area contributed by atoms with Crippen LogP contribution in [-0.4, -0.2) is 33.9 Å². The van der Waals surface area contributed by atoms with Crippen LogP contribution < -0.4 is 14.8 Å². The fourth-order valence-electron chi connectivity index (χ4n) is 6.25. The molecule has 0 radical (unpaired) electrons. The molecule has 47 heavy (non-hydrogen) atoms. The monoisotopic (exact) mass is 716 g/mol. The predicted molar refractivity (Wildman–Crippen MR) is 189 cm³/mol.